The molecule has 1 aliphatic rings. The molecule has 1 aliphatic carbocycles. The van der Waals surface area contributed by atoms with Crippen LogP contribution in [-0.4, -0.2) is 15.0 Å². The predicted octanol–water partition coefficient (Wildman–Crippen LogP) is 4.44. The molecule has 0 bridgehead atoms. The maximum atomic E-state index is 9.03. The summed E-state index contributed by atoms with van der Waals surface area (Å²) in [4.78, 5) is 0.134. The van der Waals surface area contributed by atoms with E-state index in [1.165, 1.54) is 22.0 Å². The molecule has 1 nitrogen and oxygen atoms in total. The van der Waals surface area contributed by atoms with Gasteiger partial charge in [-0.05, 0) is 0 Å². The maximum absolute atomic E-state index is 9.03. The molecule has 0 aromatic heterocycles. The first-order valence-corrected chi connectivity index (χ1v) is 9.54. The van der Waals surface area contributed by atoms with Gasteiger partial charge < -0.3 is 0 Å². The van der Waals surface area contributed by atoms with Crippen LogP contribution in [0.3, 0.4) is 0 Å². The minimum absolute atomic E-state index is 0.134. The van der Waals surface area contributed by atoms with E-state index in [1.807, 2.05) is 6.92 Å². The fourth-order valence-corrected chi connectivity index (χ4v) is 5.12. The fourth-order valence-electron chi connectivity index (χ4n) is 3.39. The number of benzene rings is 1. The van der Waals surface area contributed by atoms with Gasteiger partial charge in [0.25, 0.3) is 0 Å². The van der Waals surface area contributed by atoms with Crippen LogP contribution < -0.4 is 4.46 Å². The number of allylic oxidation sites excluding steroid dienone is 1. The Labute approximate surface area is 135 Å². The molecule has 0 radical (unpaired) electrons. The van der Waals surface area contributed by atoms with Gasteiger partial charge in [-0.1, -0.05) is 0 Å². The van der Waals surface area contributed by atoms with E-state index in [9.17, 15) is 0 Å². The van der Waals surface area contributed by atoms with Gasteiger partial charge >= 0.3 is 135 Å². The molecule has 0 N–H and O–H groups in total. The van der Waals surface area contributed by atoms with Crippen molar-refractivity contribution in [2.75, 3.05) is 0 Å². The first-order valence-electron chi connectivity index (χ1n) is 7.70. The first-order chi connectivity index (χ1) is 9.86. The Bertz CT molecular complexity index is 567. The molecule has 3 atom stereocenters. The molecular formula is C19H25NSe. The number of hydrogen-bond donors (Lipinski definition) is 0. The molecule has 3 unspecified atom stereocenters. The van der Waals surface area contributed by atoms with Gasteiger partial charge in [-0.2, -0.15) is 0 Å². The third-order valence-corrected chi connectivity index (χ3v) is 7.07. The number of nitriles is 1. The average Bonchev–Trinajstić information content (AvgIpc) is 2.43. The van der Waals surface area contributed by atoms with Crippen LogP contribution in [0.1, 0.15) is 52.0 Å². The summed E-state index contributed by atoms with van der Waals surface area (Å²) in [5.74, 6) is 1.15. The third-order valence-electron chi connectivity index (χ3n) is 5.01. The van der Waals surface area contributed by atoms with E-state index >= 15 is 0 Å². The molecule has 1 saturated carbocycles. The second-order valence-corrected chi connectivity index (χ2v) is 9.78. The van der Waals surface area contributed by atoms with E-state index in [0.717, 1.165) is 6.42 Å². The van der Waals surface area contributed by atoms with Crippen LogP contribution in [0.5, 0.6) is 0 Å². The van der Waals surface area contributed by atoms with Crippen molar-refractivity contribution in [3.8, 4) is 6.07 Å². The zero-order valence-corrected chi connectivity index (χ0v) is 15.2. The zero-order chi connectivity index (χ0) is 15.6. The van der Waals surface area contributed by atoms with E-state index in [4.69, 9.17) is 5.26 Å². The molecule has 112 valence electrons. The van der Waals surface area contributed by atoms with Gasteiger partial charge in [-0.3, -0.25) is 0 Å². The van der Waals surface area contributed by atoms with Crippen molar-refractivity contribution in [1.82, 2.24) is 0 Å². The Hall–Kier alpha value is -1.03. The molecule has 21 heavy (non-hydrogen) atoms. The topological polar surface area (TPSA) is 23.8 Å². The van der Waals surface area contributed by atoms with Crippen LogP contribution >= 0.6 is 0 Å². The van der Waals surface area contributed by atoms with Crippen LogP contribution in [-0.2, 0) is 0 Å². The van der Waals surface area contributed by atoms with Gasteiger partial charge in [0.05, 0.1) is 0 Å². The standard InChI is InChI=1S/C19H25NSe/c1-13-9-10-14(2)19(4,5)18(13)16-7-6-8-17(11-16)21-15(3)12-20/h6-8,11,14-15,18H,1,9-10H2,2-5H3. The second-order valence-electron chi connectivity index (χ2n) is 6.81. The summed E-state index contributed by atoms with van der Waals surface area (Å²) in [7, 11) is 0. The monoisotopic (exact) mass is 347 g/mol. The van der Waals surface area contributed by atoms with Crippen LogP contribution in [0.4, 0.5) is 0 Å². The molecule has 0 heterocycles. The Balaban J connectivity index is 2.34. The molecule has 1 aromatic carbocycles. The summed E-state index contributed by atoms with van der Waals surface area (Å²) < 4.78 is 1.33. The summed E-state index contributed by atoms with van der Waals surface area (Å²) in [6.45, 7) is 13.5. The van der Waals surface area contributed by atoms with Gasteiger partial charge in [-0.25, -0.2) is 0 Å². The Morgan fingerprint density at radius 3 is 2.81 bits per heavy atom. The molecule has 0 spiro atoms. The molecule has 1 aromatic rings. The number of rotatable bonds is 3. The average molecular weight is 346 g/mol. The Kier molecular flexibility index (Phi) is 4.97. The zero-order valence-electron chi connectivity index (χ0n) is 13.5. The third kappa shape index (κ3) is 3.42. The van der Waals surface area contributed by atoms with Gasteiger partial charge in [0.2, 0.25) is 0 Å². The quantitative estimate of drug-likeness (QED) is 0.586. The Morgan fingerprint density at radius 1 is 1.43 bits per heavy atom. The van der Waals surface area contributed by atoms with Crippen molar-refractivity contribution in [3.05, 3.63) is 42.0 Å². The Morgan fingerprint density at radius 2 is 2.14 bits per heavy atom. The van der Waals surface area contributed by atoms with Crippen molar-refractivity contribution in [2.24, 2.45) is 11.3 Å². The van der Waals surface area contributed by atoms with E-state index in [-0.39, 0.29) is 25.2 Å². The summed E-state index contributed by atoms with van der Waals surface area (Å²) >= 11 is 0.233. The molecule has 2 rings (SSSR count). The molecule has 0 aliphatic heterocycles. The van der Waals surface area contributed by atoms with Crippen molar-refractivity contribution >= 4 is 19.4 Å². The second kappa shape index (κ2) is 6.39. The van der Waals surface area contributed by atoms with E-state index < -0.39 is 0 Å². The van der Waals surface area contributed by atoms with Gasteiger partial charge in [0, 0.05) is 0 Å². The molecule has 2 heteroatoms. The van der Waals surface area contributed by atoms with Gasteiger partial charge in [-0.15, -0.1) is 0 Å². The number of hydrogen-bond acceptors (Lipinski definition) is 1. The number of nitrogens with zero attached hydrogens (tertiary/aromatic N) is 1. The molecule has 0 amide bonds. The van der Waals surface area contributed by atoms with E-state index in [1.54, 1.807) is 0 Å². The van der Waals surface area contributed by atoms with Crippen molar-refractivity contribution in [1.29, 1.82) is 5.26 Å². The van der Waals surface area contributed by atoms with Crippen molar-refractivity contribution in [2.45, 2.75) is 51.3 Å². The first kappa shape index (κ1) is 16.3. The van der Waals surface area contributed by atoms with Crippen molar-refractivity contribution in [3.63, 3.8) is 0 Å². The van der Waals surface area contributed by atoms with Gasteiger partial charge in [0.1, 0.15) is 0 Å². The summed E-state index contributed by atoms with van der Waals surface area (Å²) in [5, 5.41) is 9.03. The van der Waals surface area contributed by atoms with E-state index in [2.05, 4.69) is 57.7 Å². The summed E-state index contributed by atoms with van der Waals surface area (Å²) in [6, 6.07) is 11.2. The van der Waals surface area contributed by atoms with Crippen LogP contribution in [0.2, 0.25) is 4.82 Å². The summed E-state index contributed by atoms with van der Waals surface area (Å²) in [6.07, 6.45) is 2.39. The molecule has 0 saturated heterocycles. The molecule has 1 fully saturated rings. The van der Waals surface area contributed by atoms with E-state index in [0.29, 0.717) is 11.8 Å². The predicted molar refractivity (Wildman–Crippen MR) is 90.9 cm³/mol. The van der Waals surface area contributed by atoms with Crippen LogP contribution in [0.15, 0.2) is 36.4 Å². The normalized spacial score (nSPS) is 26.1. The fraction of sp³-hybridized carbons (Fsp3) is 0.526. The SMILES string of the molecule is C=C1CCC(C)C(C)(C)C1c1cccc([Se]C(C)C#N)c1. The summed E-state index contributed by atoms with van der Waals surface area (Å²) in [5.41, 5.74) is 3.01. The molecular weight excluding hydrogens is 321 g/mol. The van der Waals surface area contributed by atoms with Crippen molar-refractivity contribution < 1.29 is 0 Å². The van der Waals surface area contributed by atoms with Crippen LogP contribution in [0, 0.1) is 22.7 Å². The van der Waals surface area contributed by atoms with Gasteiger partial charge in [0.15, 0.2) is 0 Å². The minimum atomic E-state index is 0.134. The van der Waals surface area contributed by atoms with Crippen LogP contribution in [0.25, 0.3) is 0 Å².